The summed E-state index contributed by atoms with van der Waals surface area (Å²) in [5.41, 5.74) is 0.295. The Labute approximate surface area is 68.3 Å². The lowest BCUT2D eigenvalue weighted by Crippen LogP contribution is -2.28. The minimum atomic E-state index is 0.295. The highest BCUT2D eigenvalue weighted by molar-refractivity contribution is 4.87. The summed E-state index contributed by atoms with van der Waals surface area (Å²) in [6.07, 6.45) is 6.38. The molecule has 0 bridgehead atoms. The van der Waals surface area contributed by atoms with Crippen molar-refractivity contribution in [2.24, 2.45) is 0 Å². The first-order chi connectivity index (χ1) is 5.41. The Bertz CT molecular complexity index is 120. The highest BCUT2D eigenvalue weighted by atomic mass is 16.5. The lowest BCUT2D eigenvalue weighted by molar-refractivity contribution is -0.00522. The van der Waals surface area contributed by atoms with Crippen LogP contribution in [0.1, 0.15) is 32.1 Å². The number of ether oxygens (including phenoxy) is 1. The average molecular weight is 155 g/mol. The van der Waals surface area contributed by atoms with Gasteiger partial charge in [-0.2, -0.15) is 0 Å². The maximum atomic E-state index is 5.82. The van der Waals surface area contributed by atoms with Crippen LogP contribution in [0, 0.1) is 0 Å². The highest BCUT2D eigenvalue weighted by Crippen LogP contribution is 2.33. The van der Waals surface area contributed by atoms with Crippen LogP contribution in [0.3, 0.4) is 0 Å². The molecule has 0 amide bonds. The van der Waals surface area contributed by atoms with Crippen LogP contribution in [0.5, 0.6) is 0 Å². The van der Waals surface area contributed by atoms with Crippen molar-refractivity contribution in [3.8, 4) is 0 Å². The van der Waals surface area contributed by atoms with Crippen molar-refractivity contribution in [3.05, 3.63) is 0 Å². The molecule has 0 aromatic rings. The number of rotatable bonds is 0. The van der Waals surface area contributed by atoms with E-state index in [1.165, 1.54) is 38.6 Å². The normalized spacial score (nSPS) is 39.3. The Hall–Kier alpha value is -0.0800. The second kappa shape index (κ2) is 3.11. The van der Waals surface area contributed by atoms with Crippen LogP contribution in [0.25, 0.3) is 0 Å². The van der Waals surface area contributed by atoms with Gasteiger partial charge in [0.05, 0.1) is 5.60 Å². The fourth-order valence-electron chi connectivity index (χ4n) is 2.25. The fourth-order valence-corrected chi connectivity index (χ4v) is 2.25. The Morgan fingerprint density at radius 2 is 1.91 bits per heavy atom. The summed E-state index contributed by atoms with van der Waals surface area (Å²) in [6, 6.07) is 0. The first kappa shape index (κ1) is 7.56. The zero-order chi connectivity index (χ0) is 7.57. The van der Waals surface area contributed by atoms with E-state index >= 15 is 0 Å². The van der Waals surface area contributed by atoms with E-state index in [0.29, 0.717) is 5.60 Å². The van der Waals surface area contributed by atoms with Gasteiger partial charge in [0.25, 0.3) is 0 Å². The minimum Gasteiger partial charge on any atom is -0.375 e. The molecule has 0 aliphatic carbocycles. The van der Waals surface area contributed by atoms with Crippen molar-refractivity contribution in [1.82, 2.24) is 5.32 Å². The Morgan fingerprint density at radius 3 is 2.73 bits per heavy atom. The van der Waals surface area contributed by atoms with Gasteiger partial charge in [-0.1, -0.05) is 0 Å². The zero-order valence-electron chi connectivity index (χ0n) is 7.07. The van der Waals surface area contributed by atoms with Crippen molar-refractivity contribution < 1.29 is 4.74 Å². The number of nitrogens with one attached hydrogen (secondary N) is 1. The third kappa shape index (κ3) is 1.57. The SMILES string of the molecule is C1CNCCC2(C1)CCCO2. The van der Waals surface area contributed by atoms with Crippen LogP contribution < -0.4 is 5.32 Å². The van der Waals surface area contributed by atoms with Gasteiger partial charge in [-0.05, 0) is 45.2 Å². The van der Waals surface area contributed by atoms with E-state index in [4.69, 9.17) is 4.74 Å². The molecule has 2 heteroatoms. The van der Waals surface area contributed by atoms with E-state index in [2.05, 4.69) is 5.32 Å². The first-order valence-corrected chi connectivity index (χ1v) is 4.76. The standard InChI is InChI=1S/C9H17NO/c1-3-9(4-2-8-11-9)5-7-10-6-1/h10H,1-8H2. The Balaban J connectivity index is 1.97. The van der Waals surface area contributed by atoms with Crippen LogP contribution in [0.15, 0.2) is 0 Å². The van der Waals surface area contributed by atoms with E-state index in [-0.39, 0.29) is 0 Å². The smallest absolute Gasteiger partial charge is 0.0696 e. The molecule has 0 aromatic heterocycles. The summed E-state index contributed by atoms with van der Waals surface area (Å²) >= 11 is 0. The zero-order valence-corrected chi connectivity index (χ0v) is 7.07. The maximum absolute atomic E-state index is 5.82. The molecule has 1 N–H and O–H groups in total. The molecule has 2 fully saturated rings. The summed E-state index contributed by atoms with van der Waals surface area (Å²) in [7, 11) is 0. The predicted octanol–water partition coefficient (Wildman–Crippen LogP) is 1.31. The molecule has 2 nitrogen and oxygen atoms in total. The molecule has 2 aliphatic heterocycles. The molecule has 1 spiro atoms. The largest absolute Gasteiger partial charge is 0.375 e. The molecule has 2 rings (SSSR count). The van der Waals surface area contributed by atoms with Gasteiger partial charge < -0.3 is 10.1 Å². The first-order valence-electron chi connectivity index (χ1n) is 4.76. The average Bonchev–Trinajstić information content (AvgIpc) is 2.32. The van der Waals surface area contributed by atoms with E-state index < -0.39 is 0 Å². The third-order valence-electron chi connectivity index (χ3n) is 2.93. The molecule has 0 saturated carbocycles. The maximum Gasteiger partial charge on any atom is 0.0696 e. The molecule has 2 heterocycles. The van der Waals surface area contributed by atoms with Crippen LogP contribution >= 0.6 is 0 Å². The van der Waals surface area contributed by atoms with Crippen LogP contribution in [0.2, 0.25) is 0 Å². The van der Waals surface area contributed by atoms with Gasteiger partial charge in [-0.25, -0.2) is 0 Å². The predicted molar refractivity (Wildman–Crippen MR) is 44.6 cm³/mol. The van der Waals surface area contributed by atoms with E-state index in [9.17, 15) is 0 Å². The summed E-state index contributed by atoms with van der Waals surface area (Å²) < 4.78 is 5.82. The molecule has 64 valence electrons. The van der Waals surface area contributed by atoms with E-state index in [1.807, 2.05) is 0 Å². The molecule has 2 saturated heterocycles. The number of hydrogen-bond acceptors (Lipinski definition) is 2. The third-order valence-corrected chi connectivity index (χ3v) is 2.93. The number of hydrogen-bond donors (Lipinski definition) is 1. The second-order valence-corrected chi connectivity index (χ2v) is 3.74. The highest BCUT2D eigenvalue weighted by Gasteiger charge is 2.34. The van der Waals surface area contributed by atoms with Crippen LogP contribution in [-0.4, -0.2) is 25.3 Å². The lowest BCUT2D eigenvalue weighted by Gasteiger charge is -2.25. The van der Waals surface area contributed by atoms with Gasteiger partial charge in [0.1, 0.15) is 0 Å². The monoisotopic (exact) mass is 155 g/mol. The van der Waals surface area contributed by atoms with E-state index in [1.54, 1.807) is 0 Å². The van der Waals surface area contributed by atoms with Crippen LogP contribution in [0.4, 0.5) is 0 Å². The minimum absolute atomic E-state index is 0.295. The van der Waals surface area contributed by atoms with Gasteiger partial charge in [0, 0.05) is 6.61 Å². The second-order valence-electron chi connectivity index (χ2n) is 3.74. The molecule has 0 radical (unpaired) electrons. The topological polar surface area (TPSA) is 21.3 Å². The molecule has 0 aromatic carbocycles. The Kier molecular flexibility index (Phi) is 2.14. The van der Waals surface area contributed by atoms with Gasteiger partial charge in [0.15, 0.2) is 0 Å². The van der Waals surface area contributed by atoms with Crippen molar-refractivity contribution >= 4 is 0 Å². The van der Waals surface area contributed by atoms with Crippen LogP contribution in [-0.2, 0) is 4.74 Å². The summed E-state index contributed by atoms with van der Waals surface area (Å²) in [5.74, 6) is 0. The molecule has 1 atom stereocenters. The molecule has 1 unspecified atom stereocenters. The fraction of sp³-hybridized carbons (Fsp3) is 1.00. The van der Waals surface area contributed by atoms with E-state index in [0.717, 1.165) is 13.2 Å². The Morgan fingerprint density at radius 1 is 1.00 bits per heavy atom. The van der Waals surface area contributed by atoms with Gasteiger partial charge in [-0.3, -0.25) is 0 Å². The van der Waals surface area contributed by atoms with Crippen molar-refractivity contribution in [2.45, 2.75) is 37.7 Å². The van der Waals surface area contributed by atoms with Gasteiger partial charge in [0.2, 0.25) is 0 Å². The summed E-state index contributed by atoms with van der Waals surface area (Å²) in [4.78, 5) is 0. The molecule has 11 heavy (non-hydrogen) atoms. The molecule has 2 aliphatic rings. The lowest BCUT2D eigenvalue weighted by atomic mass is 9.92. The van der Waals surface area contributed by atoms with Crippen molar-refractivity contribution in [3.63, 3.8) is 0 Å². The molecular weight excluding hydrogens is 138 g/mol. The van der Waals surface area contributed by atoms with Gasteiger partial charge in [-0.15, -0.1) is 0 Å². The quantitative estimate of drug-likeness (QED) is 0.569. The summed E-state index contributed by atoms with van der Waals surface area (Å²) in [5, 5.41) is 3.42. The van der Waals surface area contributed by atoms with Gasteiger partial charge >= 0.3 is 0 Å². The van der Waals surface area contributed by atoms with Crippen molar-refractivity contribution in [2.75, 3.05) is 19.7 Å². The summed E-state index contributed by atoms with van der Waals surface area (Å²) in [6.45, 7) is 3.34. The van der Waals surface area contributed by atoms with Crippen molar-refractivity contribution in [1.29, 1.82) is 0 Å². The molecular formula is C9H17NO.